The van der Waals surface area contributed by atoms with Crippen molar-refractivity contribution in [2.45, 2.75) is 44.9 Å². The number of anilines is 1. The number of methoxy groups -OCH3 is 2. The van der Waals surface area contributed by atoms with Crippen molar-refractivity contribution in [3.05, 3.63) is 75.3 Å². The molecule has 0 saturated heterocycles. The van der Waals surface area contributed by atoms with Gasteiger partial charge in [-0.25, -0.2) is 4.58 Å². The molecular weight excluding hydrogens is 495 g/mol. The van der Waals surface area contributed by atoms with Gasteiger partial charge in [-0.3, -0.25) is 0 Å². The highest BCUT2D eigenvalue weighted by atomic mass is 31.1. The Morgan fingerprint density at radius 3 is 2.61 bits per heavy atom. The van der Waals surface area contributed by atoms with E-state index >= 15 is 0 Å². The minimum atomic E-state index is -2.06. The van der Waals surface area contributed by atoms with Crippen LogP contribution in [0.15, 0.2) is 36.9 Å². The Kier molecular flexibility index (Phi) is 8.16. The highest BCUT2D eigenvalue weighted by molar-refractivity contribution is 7.51. The molecule has 0 radical (unpaired) electrons. The molecular formula is C31H41N2O4P+2. The van der Waals surface area contributed by atoms with Crippen molar-refractivity contribution in [2.75, 3.05) is 65.1 Å². The van der Waals surface area contributed by atoms with Crippen molar-refractivity contribution < 1.29 is 18.6 Å². The van der Waals surface area contributed by atoms with Gasteiger partial charge in [-0.1, -0.05) is 19.9 Å². The van der Waals surface area contributed by atoms with Crippen LogP contribution in [-0.4, -0.2) is 60.2 Å². The summed E-state index contributed by atoms with van der Waals surface area (Å²) in [6.45, 7) is 13.9. The first-order valence-corrected chi connectivity index (χ1v) is 15.0. The lowest BCUT2D eigenvalue weighted by Gasteiger charge is -2.37. The van der Waals surface area contributed by atoms with Gasteiger partial charge in [0.1, 0.15) is 19.8 Å². The lowest BCUT2D eigenvalue weighted by Crippen LogP contribution is -2.44. The van der Waals surface area contributed by atoms with E-state index in [0.717, 1.165) is 68.0 Å². The highest BCUT2D eigenvalue weighted by Gasteiger charge is 2.43. The topological polar surface area (TPSA) is 51.0 Å². The number of fused-ring (bicyclic) bond motifs is 4. The first kappa shape index (κ1) is 27.2. The van der Waals surface area contributed by atoms with Gasteiger partial charge in [-0.05, 0) is 58.7 Å². The third-order valence-corrected chi connectivity index (χ3v) is 9.58. The number of ether oxygens (including phenoxy) is 2. The molecule has 2 heterocycles. The van der Waals surface area contributed by atoms with Crippen LogP contribution in [0.4, 0.5) is 5.69 Å². The molecule has 0 N–H and O–H groups in total. The predicted octanol–water partition coefficient (Wildman–Crippen LogP) is 3.91. The zero-order valence-corrected chi connectivity index (χ0v) is 24.2. The van der Waals surface area contributed by atoms with Crippen molar-refractivity contribution in [1.29, 1.82) is 0 Å². The standard InChI is InChI=1S/C31H41N2O4P/c1-6-15-37-38(34)30-24-18-22-9-7-11-32(13-16-35-4)28(22)20-26(24)31(2,3)27-21-29-23(19-25(27)30)10-8-12-33(29)14-17-36-5/h6,18-21H,1,7-17H2,2-5H3/q+2. The molecule has 2 aromatic carbocycles. The van der Waals surface area contributed by atoms with Crippen LogP contribution in [0.2, 0.25) is 0 Å². The molecule has 3 aliphatic rings. The average molecular weight is 537 g/mol. The van der Waals surface area contributed by atoms with Crippen LogP contribution in [-0.2, 0) is 36.8 Å². The van der Waals surface area contributed by atoms with Gasteiger partial charge in [-0.2, -0.15) is 0 Å². The molecule has 0 amide bonds. The van der Waals surface area contributed by atoms with E-state index in [0.29, 0.717) is 13.2 Å². The summed E-state index contributed by atoms with van der Waals surface area (Å²) >= 11 is 0. The van der Waals surface area contributed by atoms with E-state index in [2.05, 4.69) is 54.2 Å². The molecule has 6 nitrogen and oxygen atoms in total. The van der Waals surface area contributed by atoms with Gasteiger partial charge in [0.25, 0.3) is 0 Å². The number of nitrogens with zero attached hydrogens (tertiary/aromatic N) is 2. The Bertz CT molecular complexity index is 1380. The number of benzene rings is 2. The summed E-state index contributed by atoms with van der Waals surface area (Å²) in [4.78, 5) is 2.45. The van der Waals surface area contributed by atoms with Crippen molar-refractivity contribution in [2.24, 2.45) is 0 Å². The fraction of sp³-hybridized carbons (Fsp3) is 0.516. The van der Waals surface area contributed by atoms with E-state index in [1.54, 1.807) is 20.3 Å². The minimum absolute atomic E-state index is 0.262. The lowest BCUT2D eigenvalue weighted by atomic mass is 9.70. The van der Waals surface area contributed by atoms with E-state index in [1.165, 1.54) is 33.3 Å². The van der Waals surface area contributed by atoms with Crippen molar-refractivity contribution >= 4 is 19.0 Å². The van der Waals surface area contributed by atoms with Crippen molar-refractivity contribution in [3.8, 4) is 0 Å². The molecule has 1 unspecified atom stereocenters. The van der Waals surface area contributed by atoms with E-state index < -0.39 is 8.03 Å². The largest absolute Gasteiger partial charge is 0.550 e. The van der Waals surface area contributed by atoms with E-state index in [9.17, 15) is 4.57 Å². The van der Waals surface area contributed by atoms with Gasteiger partial charge in [0.05, 0.1) is 6.61 Å². The molecule has 202 valence electrons. The van der Waals surface area contributed by atoms with Gasteiger partial charge in [0.15, 0.2) is 6.54 Å². The summed E-state index contributed by atoms with van der Waals surface area (Å²) in [6.07, 6.45) is 5.93. The van der Waals surface area contributed by atoms with Gasteiger partial charge in [-0.15, -0.1) is 11.1 Å². The van der Waals surface area contributed by atoms with E-state index in [4.69, 9.17) is 14.0 Å². The van der Waals surface area contributed by atoms with Crippen LogP contribution >= 0.6 is 8.03 Å². The quantitative estimate of drug-likeness (QED) is 0.262. The van der Waals surface area contributed by atoms with Crippen molar-refractivity contribution in [1.82, 2.24) is 4.58 Å². The molecule has 0 spiro atoms. The van der Waals surface area contributed by atoms with Crippen LogP contribution < -0.4 is 20.1 Å². The summed E-state index contributed by atoms with van der Waals surface area (Å²) in [6, 6.07) is 9.33. The third-order valence-electron chi connectivity index (χ3n) is 8.35. The summed E-state index contributed by atoms with van der Waals surface area (Å²) in [5.41, 5.74) is 7.16. The molecule has 38 heavy (non-hydrogen) atoms. The predicted molar refractivity (Wildman–Crippen MR) is 154 cm³/mol. The molecule has 7 heteroatoms. The zero-order chi connectivity index (χ0) is 26.9. The second kappa shape index (κ2) is 11.4. The fourth-order valence-electron chi connectivity index (χ4n) is 6.38. The van der Waals surface area contributed by atoms with Gasteiger partial charge in [0.2, 0.25) is 10.7 Å². The maximum atomic E-state index is 13.8. The smallest absolute Gasteiger partial charge is 0.383 e. The van der Waals surface area contributed by atoms with Crippen LogP contribution in [0.5, 0.6) is 0 Å². The molecule has 1 atom stereocenters. The minimum Gasteiger partial charge on any atom is -0.383 e. The van der Waals surface area contributed by atoms with Gasteiger partial charge >= 0.3 is 8.03 Å². The van der Waals surface area contributed by atoms with Gasteiger partial charge in [0, 0.05) is 67.2 Å². The molecule has 0 aromatic heterocycles. The van der Waals surface area contributed by atoms with Crippen LogP contribution in [0.3, 0.4) is 0 Å². The van der Waals surface area contributed by atoms with Crippen LogP contribution in [0, 0.1) is 0 Å². The monoisotopic (exact) mass is 536 g/mol. The molecule has 0 fully saturated rings. The SMILES string of the molecule is C=CCO[P+](=O)C1=c2cc3c(cc2C(C)(C)c2cc4c(cc21)CCCN4CCOC)=[N+](CCOC)CCC3. The lowest BCUT2D eigenvalue weighted by molar-refractivity contribution is 0.192. The maximum absolute atomic E-state index is 13.8. The summed E-state index contributed by atoms with van der Waals surface area (Å²) in [5.74, 6) is 0. The Balaban J connectivity index is 1.79. The molecule has 5 rings (SSSR count). The summed E-state index contributed by atoms with van der Waals surface area (Å²) in [5, 5.41) is 3.19. The van der Waals surface area contributed by atoms with Crippen LogP contribution in [0.25, 0.3) is 5.31 Å². The second-order valence-corrected chi connectivity index (χ2v) is 12.3. The van der Waals surface area contributed by atoms with E-state index in [1.807, 2.05) is 0 Å². The number of hydrogen-bond donors (Lipinski definition) is 0. The van der Waals surface area contributed by atoms with E-state index in [-0.39, 0.29) is 12.0 Å². The molecule has 0 saturated carbocycles. The normalized spacial score (nSPS) is 17.9. The molecule has 1 aliphatic carbocycles. The Hall–Kier alpha value is -2.37. The first-order valence-electron chi connectivity index (χ1n) is 13.8. The molecule has 2 aliphatic heterocycles. The van der Waals surface area contributed by atoms with Gasteiger partial charge < -0.3 is 14.4 Å². The molecule has 0 bridgehead atoms. The number of rotatable bonds is 10. The summed E-state index contributed by atoms with van der Waals surface area (Å²) < 4.78 is 33.0. The summed E-state index contributed by atoms with van der Waals surface area (Å²) in [7, 11) is 1.46. The number of aryl methyl sites for hydroxylation is 2. The fourth-order valence-corrected chi connectivity index (χ4v) is 7.52. The van der Waals surface area contributed by atoms with Crippen molar-refractivity contribution in [3.63, 3.8) is 0 Å². The third kappa shape index (κ3) is 4.88. The Morgan fingerprint density at radius 2 is 1.84 bits per heavy atom. The maximum Gasteiger partial charge on any atom is 0.550 e. The van der Waals surface area contributed by atoms with Crippen LogP contribution in [0.1, 0.15) is 54.5 Å². The zero-order valence-electron chi connectivity index (χ0n) is 23.3. The molecule has 2 aromatic rings. The average Bonchev–Trinajstić information content (AvgIpc) is 2.92. The first-order chi connectivity index (χ1) is 18.4. The number of hydrogen-bond acceptors (Lipinski definition) is 5. The highest BCUT2D eigenvalue weighted by Crippen LogP contribution is 2.49. The second-order valence-electron chi connectivity index (χ2n) is 11.0. The Labute approximate surface area is 227 Å². The Morgan fingerprint density at radius 1 is 1.05 bits per heavy atom.